The van der Waals surface area contributed by atoms with Gasteiger partial charge in [-0.2, -0.15) is 0 Å². The van der Waals surface area contributed by atoms with Crippen molar-refractivity contribution in [1.82, 2.24) is 10.2 Å². The molecule has 1 saturated heterocycles. The van der Waals surface area contributed by atoms with Crippen LogP contribution in [0.25, 0.3) is 0 Å². The average molecular weight is 264 g/mol. The fourth-order valence-electron chi connectivity index (χ4n) is 2.48. The Balaban J connectivity index is 1.64. The van der Waals surface area contributed by atoms with Crippen LogP contribution in [0.2, 0.25) is 0 Å². The third-order valence-electron chi connectivity index (χ3n) is 3.66. The summed E-state index contributed by atoms with van der Waals surface area (Å²) < 4.78 is 11.0. The summed E-state index contributed by atoms with van der Waals surface area (Å²) in [5.74, 6) is 1.60. The summed E-state index contributed by atoms with van der Waals surface area (Å²) in [4.78, 5) is 2.42. The number of methoxy groups -OCH3 is 1. The van der Waals surface area contributed by atoms with Gasteiger partial charge in [0.05, 0.1) is 7.11 Å². The number of nitrogens with one attached hydrogen (secondary N) is 1. The molecule has 1 N–H and O–H groups in total. The molecule has 1 heterocycles. The van der Waals surface area contributed by atoms with Crippen LogP contribution in [0, 0.1) is 0 Å². The molecule has 1 atom stereocenters. The van der Waals surface area contributed by atoms with E-state index in [0.29, 0.717) is 12.6 Å². The average Bonchev–Trinajstić information content (AvgIpc) is 2.84. The minimum Gasteiger partial charge on any atom is -0.493 e. The van der Waals surface area contributed by atoms with Gasteiger partial charge in [0.25, 0.3) is 0 Å². The van der Waals surface area contributed by atoms with Crippen LogP contribution >= 0.6 is 0 Å². The van der Waals surface area contributed by atoms with Crippen LogP contribution in [0.3, 0.4) is 0 Å². The number of para-hydroxylation sites is 2. The monoisotopic (exact) mass is 264 g/mol. The van der Waals surface area contributed by atoms with E-state index in [-0.39, 0.29) is 0 Å². The van der Waals surface area contributed by atoms with Crippen LogP contribution in [-0.2, 0) is 0 Å². The van der Waals surface area contributed by atoms with E-state index in [9.17, 15) is 0 Å². The van der Waals surface area contributed by atoms with Crippen molar-refractivity contribution in [3.63, 3.8) is 0 Å². The molecular formula is C15H24N2O2. The molecule has 1 aromatic carbocycles. The van der Waals surface area contributed by atoms with Gasteiger partial charge in [-0.3, -0.25) is 0 Å². The maximum absolute atomic E-state index is 5.72. The first-order chi connectivity index (χ1) is 9.31. The molecule has 1 unspecified atom stereocenters. The molecule has 1 aromatic rings. The van der Waals surface area contributed by atoms with Crippen LogP contribution in [0.5, 0.6) is 11.5 Å². The third kappa shape index (κ3) is 4.11. The minimum atomic E-state index is 0.663. The molecule has 106 valence electrons. The fraction of sp³-hybridized carbons (Fsp3) is 0.600. The van der Waals surface area contributed by atoms with Crippen LogP contribution < -0.4 is 14.8 Å². The van der Waals surface area contributed by atoms with E-state index in [1.54, 1.807) is 7.11 Å². The van der Waals surface area contributed by atoms with Crippen molar-refractivity contribution in [2.45, 2.75) is 18.9 Å². The normalized spacial score (nSPS) is 19.6. The van der Waals surface area contributed by atoms with E-state index < -0.39 is 0 Å². The summed E-state index contributed by atoms with van der Waals surface area (Å²) in [6.07, 6.45) is 2.62. The molecule has 0 spiro atoms. The highest BCUT2D eigenvalue weighted by atomic mass is 16.5. The second-order valence-corrected chi connectivity index (χ2v) is 4.98. The second-order valence-electron chi connectivity index (χ2n) is 4.98. The summed E-state index contributed by atoms with van der Waals surface area (Å²) in [5.41, 5.74) is 0. The molecule has 4 nitrogen and oxygen atoms in total. The minimum absolute atomic E-state index is 0.663. The van der Waals surface area contributed by atoms with Gasteiger partial charge in [0.1, 0.15) is 6.61 Å². The SMILES string of the molecule is COc1ccccc1OCCNCC1CCCN1C. The van der Waals surface area contributed by atoms with Gasteiger partial charge in [-0.25, -0.2) is 0 Å². The molecule has 19 heavy (non-hydrogen) atoms. The molecule has 4 heteroatoms. The third-order valence-corrected chi connectivity index (χ3v) is 3.66. The summed E-state index contributed by atoms with van der Waals surface area (Å²) >= 11 is 0. The number of nitrogens with zero attached hydrogens (tertiary/aromatic N) is 1. The maximum atomic E-state index is 5.72. The Morgan fingerprint density at radius 3 is 2.79 bits per heavy atom. The van der Waals surface area contributed by atoms with Crippen molar-refractivity contribution in [1.29, 1.82) is 0 Å². The van der Waals surface area contributed by atoms with E-state index in [1.165, 1.54) is 19.4 Å². The highest BCUT2D eigenvalue weighted by molar-refractivity contribution is 5.39. The standard InChI is InChI=1S/C15H24N2O2/c1-17-10-5-6-13(17)12-16-9-11-19-15-8-4-3-7-14(15)18-2/h3-4,7-8,13,16H,5-6,9-12H2,1-2H3. The van der Waals surface area contributed by atoms with E-state index in [1.807, 2.05) is 24.3 Å². The van der Waals surface area contributed by atoms with Crippen molar-refractivity contribution in [3.05, 3.63) is 24.3 Å². The zero-order chi connectivity index (χ0) is 13.5. The molecule has 0 aliphatic carbocycles. The van der Waals surface area contributed by atoms with Gasteiger partial charge in [-0.1, -0.05) is 12.1 Å². The lowest BCUT2D eigenvalue weighted by atomic mass is 10.2. The van der Waals surface area contributed by atoms with Gasteiger partial charge in [0.2, 0.25) is 0 Å². The summed E-state index contributed by atoms with van der Waals surface area (Å²) in [6.45, 7) is 3.80. The van der Waals surface area contributed by atoms with Crippen LogP contribution in [0.15, 0.2) is 24.3 Å². The van der Waals surface area contributed by atoms with Crippen molar-refractivity contribution in [2.75, 3.05) is 40.4 Å². The van der Waals surface area contributed by atoms with Gasteiger partial charge in [-0.15, -0.1) is 0 Å². The van der Waals surface area contributed by atoms with Crippen molar-refractivity contribution in [2.24, 2.45) is 0 Å². The first-order valence-corrected chi connectivity index (χ1v) is 6.98. The predicted octanol–water partition coefficient (Wildman–Crippen LogP) is 1.76. The highest BCUT2D eigenvalue weighted by Gasteiger charge is 2.19. The lowest BCUT2D eigenvalue weighted by Crippen LogP contribution is -2.36. The van der Waals surface area contributed by atoms with Crippen molar-refractivity contribution < 1.29 is 9.47 Å². The Hall–Kier alpha value is -1.26. The molecular weight excluding hydrogens is 240 g/mol. The van der Waals surface area contributed by atoms with Gasteiger partial charge in [0, 0.05) is 19.1 Å². The van der Waals surface area contributed by atoms with Gasteiger partial charge in [0.15, 0.2) is 11.5 Å². The number of rotatable bonds is 7. The van der Waals surface area contributed by atoms with Crippen molar-refractivity contribution >= 4 is 0 Å². The van der Waals surface area contributed by atoms with Crippen molar-refractivity contribution in [3.8, 4) is 11.5 Å². The van der Waals surface area contributed by atoms with Gasteiger partial charge < -0.3 is 19.7 Å². The van der Waals surface area contributed by atoms with E-state index >= 15 is 0 Å². The molecule has 2 rings (SSSR count). The summed E-state index contributed by atoms with van der Waals surface area (Å²) in [6, 6.07) is 8.43. The number of likely N-dealkylation sites (N-methyl/N-ethyl adjacent to an activating group) is 1. The number of hydrogen-bond donors (Lipinski definition) is 1. The Kier molecular flexibility index (Phi) is 5.48. The van der Waals surface area contributed by atoms with Crippen LogP contribution in [0.4, 0.5) is 0 Å². The molecule has 1 aliphatic rings. The zero-order valence-corrected chi connectivity index (χ0v) is 11.9. The number of benzene rings is 1. The number of ether oxygens (including phenoxy) is 2. The van der Waals surface area contributed by atoms with Gasteiger partial charge >= 0.3 is 0 Å². The van der Waals surface area contributed by atoms with Crippen LogP contribution in [-0.4, -0.2) is 51.3 Å². The molecule has 1 aliphatic heterocycles. The molecule has 0 amide bonds. The number of hydrogen-bond acceptors (Lipinski definition) is 4. The first kappa shape index (κ1) is 14.2. The summed E-state index contributed by atoms with van der Waals surface area (Å²) in [5, 5.41) is 3.46. The molecule has 0 bridgehead atoms. The predicted molar refractivity (Wildman–Crippen MR) is 77.0 cm³/mol. The zero-order valence-electron chi connectivity index (χ0n) is 11.9. The highest BCUT2D eigenvalue weighted by Crippen LogP contribution is 2.25. The van der Waals surface area contributed by atoms with E-state index in [4.69, 9.17) is 9.47 Å². The van der Waals surface area contributed by atoms with Crippen LogP contribution in [0.1, 0.15) is 12.8 Å². The largest absolute Gasteiger partial charge is 0.493 e. The topological polar surface area (TPSA) is 33.7 Å². The molecule has 0 radical (unpaired) electrons. The molecule has 0 aromatic heterocycles. The van der Waals surface area contributed by atoms with E-state index in [2.05, 4.69) is 17.3 Å². The lowest BCUT2D eigenvalue weighted by Gasteiger charge is -2.19. The second kappa shape index (κ2) is 7.36. The Labute approximate surface area is 115 Å². The maximum Gasteiger partial charge on any atom is 0.161 e. The smallest absolute Gasteiger partial charge is 0.161 e. The number of likely N-dealkylation sites (tertiary alicyclic amines) is 1. The Morgan fingerprint density at radius 2 is 2.11 bits per heavy atom. The fourth-order valence-corrected chi connectivity index (χ4v) is 2.48. The first-order valence-electron chi connectivity index (χ1n) is 6.98. The Morgan fingerprint density at radius 1 is 1.32 bits per heavy atom. The lowest BCUT2D eigenvalue weighted by molar-refractivity contribution is 0.271. The summed E-state index contributed by atoms with van der Waals surface area (Å²) in [7, 11) is 3.86. The Bertz CT molecular complexity index is 384. The van der Waals surface area contributed by atoms with E-state index in [0.717, 1.165) is 24.6 Å². The quantitative estimate of drug-likeness (QED) is 0.761. The molecule has 0 saturated carbocycles. The van der Waals surface area contributed by atoms with Gasteiger partial charge in [-0.05, 0) is 38.6 Å². The molecule has 1 fully saturated rings.